The SMILES string of the molecule is CC(C)(C)CCCCCCCCCCC[NH3+].[O-][Cl+3]([O-])([O-])[O-]. The minimum absolute atomic E-state index is 0.536. The molecule has 3 N–H and O–H groups in total. The zero-order chi connectivity index (χ0) is 16.8. The van der Waals surface area contributed by atoms with Gasteiger partial charge >= 0.3 is 0 Å². The van der Waals surface area contributed by atoms with Gasteiger partial charge in [0, 0.05) is 0 Å². The van der Waals surface area contributed by atoms with E-state index in [0.29, 0.717) is 5.41 Å². The van der Waals surface area contributed by atoms with Crippen molar-refractivity contribution in [2.24, 2.45) is 5.41 Å². The van der Waals surface area contributed by atoms with Crippen molar-refractivity contribution in [1.82, 2.24) is 0 Å². The third-order valence-electron chi connectivity index (χ3n) is 3.18. The number of quaternary nitrogens is 1. The quantitative estimate of drug-likeness (QED) is 0.539. The largest absolute Gasteiger partial charge is 0.358 e. The van der Waals surface area contributed by atoms with Crippen LogP contribution in [0, 0.1) is 15.7 Å². The average Bonchev–Trinajstić information content (AvgIpc) is 2.28. The fourth-order valence-corrected chi connectivity index (χ4v) is 2.07. The summed E-state index contributed by atoms with van der Waals surface area (Å²) in [5.41, 5.74) is 4.41. The fourth-order valence-electron chi connectivity index (χ4n) is 2.07. The normalized spacial score (nSPS) is 12.0. The summed E-state index contributed by atoms with van der Waals surface area (Å²) in [6.45, 7) is 8.15. The summed E-state index contributed by atoms with van der Waals surface area (Å²) in [6.07, 6.45) is 14.2. The lowest BCUT2D eigenvalue weighted by molar-refractivity contribution is -2.00. The van der Waals surface area contributed by atoms with E-state index >= 15 is 0 Å². The van der Waals surface area contributed by atoms with E-state index in [2.05, 4.69) is 26.5 Å². The molecule has 0 aromatic rings. The molecular formula is C15H34ClNO4. The van der Waals surface area contributed by atoms with Crippen molar-refractivity contribution in [3.8, 4) is 0 Å². The summed E-state index contributed by atoms with van der Waals surface area (Å²) in [6, 6.07) is 0. The number of hydrogen-bond donors (Lipinski definition) is 1. The molecule has 0 bridgehead atoms. The number of unbranched alkanes of at least 4 members (excludes halogenated alkanes) is 8. The molecule has 0 saturated heterocycles. The van der Waals surface area contributed by atoms with Gasteiger partial charge in [0.1, 0.15) is 0 Å². The molecule has 0 aliphatic carbocycles. The molecular weight excluding hydrogens is 294 g/mol. The molecule has 0 aromatic carbocycles. The van der Waals surface area contributed by atoms with Gasteiger partial charge in [-0.3, -0.25) is 0 Å². The monoisotopic (exact) mass is 327 g/mol. The first-order chi connectivity index (χ1) is 9.56. The molecule has 0 rings (SSSR count). The van der Waals surface area contributed by atoms with Crippen molar-refractivity contribution in [1.29, 1.82) is 0 Å². The Balaban J connectivity index is 0. The molecule has 0 atom stereocenters. The van der Waals surface area contributed by atoms with Crippen LogP contribution in [0.3, 0.4) is 0 Å². The van der Waals surface area contributed by atoms with Crippen LogP contribution in [0.1, 0.15) is 85.0 Å². The van der Waals surface area contributed by atoms with E-state index in [1.54, 1.807) is 0 Å². The second kappa shape index (κ2) is 13.7. The molecule has 0 amide bonds. The van der Waals surface area contributed by atoms with Crippen LogP contribution < -0.4 is 24.4 Å². The number of halogens is 1. The maximum absolute atomic E-state index is 8.49. The smallest absolute Gasteiger partial charge is 0.0739 e. The van der Waals surface area contributed by atoms with Crippen LogP contribution in [-0.4, -0.2) is 6.54 Å². The molecule has 0 aromatic heterocycles. The van der Waals surface area contributed by atoms with Crippen LogP contribution in [-0.2, 0) is 0 Å². The molecule has 0 spiro atoms. The molecule has 0 aliphatic rings. The fraction of sp³-hybridized carbons (Fsp3) is 1.00. The van der Waals surface area contributed by atoms with Crippen molar-refractivity contribution in [2.75, 3.05) is 6.54 Å². The third-order valence-corrected chi connectivity index (χ3v) is 3.18. The Morgan fingerprint density at radius 1 is 0.667 bits per heavy atom. The Labute approximate surface area is 132 Å². The minimum Gasteiger partial charge on any atom is -0.358 e. The predicted octanol–water partition coefficient (Wildman–Crippen LogP) is -0.581. The van der Waals surface area contributed by atoms with Crippen LogP contribution in [0.15, 0.2) is 0 Å². The first kappa shape index (κ1) is 23.4. The highest BCUT2D eigenvalue weighted by atomic mass is 35.7. The van der Waals surface area contributed by atoms with Gasteiger partial charge in [-0.2, -0.15) is 0 Å². The summed E-state index contributed by atoms with van der Waals surface area (Å²) in [4.78, 5) is 0. The van der Waals surface area contributed by atoms with E-state index in [1.165, 1.54) is 64.2 Å². The van der Waals surface area contributed by atoms with Crippen LogP contribution in [0.4, 0.5) is 0 Å². The molecule has 0 aliphatic heterocycles. The highest BCUT2D eigenvalue weighted by Gasteiger charge is 2.08. The Bertz CT molecular complexity index is 209. The first-order valence-electron chi connectivity index (χ1n) is 7.97. The van der Waals surface area contributed by atoms with Crippen molar-refractivity contribution in [2.45, 2.75) is 85.0 Å². The summed E-state index contributed by atoms with van der Waals surface area (Å²) >= 11 is 0. The molecule has 0 saturated carbocycles. The van der Waals surface area contributed by atoms with Gasteiger partial charge in [0.25, 0.3) is 0 Å². The van der Waals surface area contributed by atoms with Crippen molar-refractivity contribution < 1.29 is 34.6 Å². The lowest BCUT2D eigenvalue weighted by atomic mass is 9.89. The molecule has 0 unspecified atom stereocenters. The van der Waals surface area contributed by atoms with E-state index in [-0.39, 0.29) is 0 Å². The minimum atomic E-state index is -4.94. The van der Waals surface area contributed by atoms with Crippen molar-refractivity contribution >= 4 is 0 Å². The van der Waals surface area contributed by atoms with Crippen LogP contribution in [0.2, 0.25) is 0 Å². The van der Waals surface area contributed by atoms with E-state index < -0.39 is 10.2 Å². The standard InChI is InChI=1S/C15H33N.ClHO4/c1-15(2,3)13-11-9-7-5-4-6-8-10-12-14-16;2-1(3,4)5/h4-14,16H2,1-3H3;(H,2,3,4,5). The molecule has 6 heteroatoms. The maximum Gasteiger partial charge on any atom is 0.0739 e. The van der Waals surface area contributed by atoms with E-state index in [4.69, 9.17) is 18.6 Å². The molecule has 130 valence electrons. The van der Waals surface area contributed by atoms with Gasteiger partial charge in [-0.05, 0) is 24.7 Å². The van der Waals surface area contributed by atoms with Gasteiger partial charge in [0.2, 0.25) is 0 Å². The zero-order valence-electron chi connectivity index (χ0n) is 14.0. The summed E-state index contributed by atoms with van der Waals surface area (Å²) < 4.78 is 34.0. The Morgan fingerprint density at radius 2 is 0.952 bits per heavy atom. The molecule has 0 heterocycles. The van der Waals surface area contributed by atoms with E-state index in [0.717, 1.165) is 6.54 Å². The maximum atomic E-state index is 8.49. The number of rotatable bonds is 10. The summed E-state index contributed by atoms with van der Waals surface area (Å²) in [5, 5.41) is 0. The van der Waals surface area contributed by atoms with Crippen LogP contribution in [0.25, 0.3) is 0 Å². The Hall–Kier alpha value is 0.0900. The van der Waals surface area contributed by atoms with Gasteiger partial charge in [0.05, 0.1) is 6.54 Å². The van der Waals surface area contributed by atoms with Gasteiger partial charge in [-0.1, -0.05) is 65.7 Å². The third kappa shape index (κ3) is 38.4. The molecule has 21 heavy (non-hydrogen) atoms. The highest BCUT2D eigenvalue weighted by molar-refractivity contribution is 4.61. The first-order valence-corrected chi connectivity index (χ1v) is 9.21. The predicted molar refractivity (Wildman–Crippen MR) is 73.4 cm³/mol. The van der Waals surface area contributed by atoms with Gasteiger partial charge in [-0.15, -0.1) is 10.2 Å². The van der Waals surface area contributed by atoms with Gasteiger partial charge < -0.3 is 5.73 Å². The molecule has 0 fully saturated rings. The van der Waals surface area contributed by atoms with Crippen molar-refractivity contribution in [3.63, 3.8) is 0 Å². The second-order valence-electron chi connectivity index (χ2n) is 6.72. The topological polar surface area (TPSA) is 120 Å². The van der Waals surface area contributed by atoms with Gasteiger partial charge in [-0.25, -0.2) is 18.6 Å². The van der Waals surface area contributed by atoms with Crippen LogP contribution >= 0.6 is 0 Å². The lowest BCUT2D eigenvalue weighted by Gasteiger charge is -2.17. The van der Waals surface area contributed by atoms with Crippen molar-refractivity contribution in [3.05, 3.63) is 0 Å². The summed E-state index contributed by atoms with van der Waals surface area (Å²) in [7, 11) is -4.94. The Kier molecular flexibility index (Phi) is 15.3. The zero-order valence-corrected chi connectivity index (χ0v) is 14.8. The van der Waals surface area contributed by atoms with E-state index in [1.807, 2.05) is 0 Å². The van der Waals surface area contributed by atoms with E-state index in [9.17, 15) is 0 Å². The summed E-state index contributed by atoms with van der Waals surface area (Å²) in [5.74, 6) is 0. The van der Waals surface area contributed by atoms with Crippen LogP contribution in [0.5, 0.6) is 0 Å². The highest BCUT2D eigenvalue weighted by Crippen LogP contribution is 2.22. The molecule has 0 radical (unpaired) electrons. The second-order valence-corrected chi connectivity index (χ2v) is 7.48. The lowest BCUT2D eigenvalue weighted by Crippen LogP contribution is -2.68. The van der Waals surface area contributed by atoms with Gasteiger partial charge in [0.15, 0.2) is 0 Å². The Morgan fingerprint density at radius 3 is 1.24 bits per heavy atom. The number of hydrogen-bond acceptors (Lipinski definition) is 4. The molecule has 5 nitrogen and oxygen atoms in total. The average molecular weight is 328 g/mol.